The molecule has 0 N–H and O–H groups in total. The van der Waals surface area contributed by atoms with Gasteiger partial charge < -0.3 is 14.4 Å². The van der Waals surface area contributed by atoms with Gasteiger partial charge in [-0.1, -0.05) is 31.9 Å². The molecule has 1 aliphatic carbocycles. The molecule has 3 unspecified atom stereocenters. The molecule has 0 aromatic heterocycles. The number of rotatable bonds is 2. The summed E-state index contributed by atoms with van der Waals surface area (Å²) in [5, 5.41) is 0. The van der Waals surface area contributed by atoms with Crippen molar-refractivity contribution in [1.29, 1.82) is 0 Å². The van der Waals surface area contributed by atoms with Crippen molar-refractivity contribution in [2.45, 2.75) is 44.8 Å². The van der Waals surface area contributed by atoms with Gasteiger partial charge in [0.15, 0.2) is 11.5 Å². The Morgan fingerprint density at radius 2 is 1.90 bits per heavy atom. The quantitative estimate of drug-likeness (QED) is 0.840. The summed E-state index contributed by atoms with van der Waals surface area (Å²) >= 11 is 0. The number of nitrogens with zero attached hydrogens (tertiary/aromatic N) is 1. The third-order valence-corrected chi connectivity index (χ3v) is 4.70. The minimum Gasteiger partial charge on any atom is -0.485 e. The van der Waals surface area contributed by atoms with Crippen LogP contribution in [0.4, 0.5) is 0 Å². The third-order valence-electron chi connectivity index (χ3n) is 4.70. The van der Waals surface area contributed by atoms with Gasteiger partial charge in [0.05, 0.1) is 0 Å². The number of fused-ring (bicyclic) bond motifs is 1. The highest BCUT2D eigenvalue weighted by Crippen LogP contribution is 2.32. The largest absolute Gasteiger partial charge is 0.485 e. The summed E-state index contributed by atoms with van der Waals surface area (Å²) in [5.41, 5.74) is 0. The van der Waals surface area contributed by atoms with E-state index in [9.17, 15) is 4.79 Å². The predicted octanol–water partition coefficient (Wildman–Crippen LogP) is 2.86. The summed E-state index contributed by atoms with van der Waals surface area (Å²) in [6, 6.07) is 7.83. The molecule has 1 aromatic carbocycles. The van der Waals surface area contributed by atoms with Crippen molar-refractivity contribution in [1.82, 2.24) is 4.90 Å². The Kier molecular flexibility index (Phi) is 4.04. The van der Waals surface area contributed by atoms with E-state index in [1.165, 1.54) is 19.3 Å². The first-order valence-electron chi connectivity index (χ1n) is 7.82. The number of carbonyl (C=O) groups is 1. The molecule has 0 bridgehead atoms. The number of carbonyl (C=O) groups excluding carboxylic acids is 1. The van der Waals surface area contributed by atoms with E-state index in [1.54, 1.807) is 0 Å². The zero-order valence-corrected chi connectivity index (χ0v) is 12.7. The molecule has 0 saturated heterocycles. The van der Waals surface area contributed by atoms with Gasteiger partial charge >= 0.3 is 0 Å². The molecule has 4 heteroatoms. The lowest BCUT2D eigenvalue weighted by Crippen LogP contribution is -2.50. The number of benzene rings is 1. The number of hydrogen-bond donors (Lipinski definition) is 0. The van der Waals surface area contributed by atoms with Gasteiger partial charge in [-0.3, -0.25) is 4.79 Å². The molecular formula is C17H23NO3. The second kappa shape index (κ2) is 5.96. The Balaban J connectivity index is 1.68. The molecule has 1 aliphatic heterocycles. The number of likely N-dealkylation sites (N-methyl/N-ethyl adjacent to an activating group) is 1. The molecule has 3 atom stereocenters. The lowest BCUT2D eigenvalue weighted by atomic mass is 9.85. The maximum Gasteiger partial charge on any atom is 0.267 e. The Morgan fingerprint density at radius 3 is 2.67 bits per heavy atom. The summed E-state index contributed by atoms with van der Waals surface area (Å²) in [4.78, 5) is 14.6. The smallest absolute Gasteiger partial charge is 0.267 e. The van der Waals surface area contributed by atoms with Crippen LogP contribution in [-0.2, 0) is 4.79 Å². The third kappa shape index (κ3) is 2.85. The summed E-state index contributed by atoms with van der Waals surface area (Å²) in [6.45, 7) is 2.53. The monoisotopic (exact) mass is 289 g/mol. The maximum atomic E-state index is 12.7. The molecule has 0 spiro atoms. The average molecular weight is 289 g/mol. The van der Waals surface area contributed by atoms with Crippen molar-refractivity contribution in [3.05, 3.63) is 24.3 Å². The molecule has 1 saturated carbocycles. The highest BCUT2D eigenvalue weighted by Gasteiger charge is 2.34. The molecule has 2 aliphatic rings. The van der Waals surface area contributed by atoms with Crippen molar-refractivity contribution >= 4 is 5.91 Å². The van der Waals surface area contributed by atoms with Gasteiger partial charge in [0, 0.05) is 13.1 Å². The van der Waals surface area contributed by atoms with E-state index in [0.717, 1.165) is 12.2 Å². The van der Waals surface area contributed by atoms with Crippen molar-refractivity contribution in [2.24, 2.45) is 5.92 Å². The number of para-hydroxylation sites is 2. The van der Waals surface area contributed by atoms with Gasteiger partial charge in [-0.2, -0.15) is 0 Å². The van der Waals surface area contributed by atoms with Crippen LogP contribution in [0.15, 0.2) is 24.3 Å². The van der Waals surface area contributed by atoms with Crippen molar-refractivity contribution in [2.75, 3.05) is 13.7 Å². The Hall–Kier alpha value is -1.71. The molecule has 1 heterocycles. The zero-order chi connectivity index (χ0) is 14.8. The van der Waals surface area contributed by atoms with Crippen LogP contribution in [-0.4, -0.2) is 36.6 Å². The SMILES string of the molecule is CC1CCCCC1N(C)C(=O)C1COc2ccccc2O1. The van der Waals surface area contributed by atoms with Crippen LogP contribution in [0, 0.1) is 5.92 Å². The summed E-state index contributed by atoms with van der Waals surface area (Å²) in [7, 11) is 1.90. The van der Waals surface area contributed by atoms with Gasteiger partial charge in [0.2, 0.25) is 6.10 Å². The van der Waals surface area contributed by atoms with Gasteiger partial charge in [-0.25, -0.2) is 0 Å². The Bertz CT molecular complexity index is 517. The fraction of sp³-hybridized carbons (Fsp3) is 0.588. The van der Waals surface area contributed by atoms with Crippen LogP contribution in [0.5, 0.6) is 11.5 Å². The first-order valence-corrected chi connectivity index (χ1v) is 7.82. The molecule has 114 valence electrons. The fourth-order valence-electron chi connectivity index (χ4n) is 3.40. The van der Waals surface area contributed by atoms with E-state index in [4.69, 9.17) is 9.47 Å². The molecule has 3 rings (SSSR count). The fourth-order valence-corrected chi connectivity index (χ4v) is 3.40. The van der Waals surface area contributed by atoms with E-state index in [0.29, 0.717) is 24.3 Å². The highest BCUT2D eigenvalue weighted by atomic mass is 16.6. The molecular weight excluding hydrogens is 266 g/mol. The van der Waals surface area contributed by atoms with Gasteiger partial charge in [0.25, 0.3) is 5.91 Å². The van der Waals surface area contributed by atoms with Crippen molar-refractivity contribution < 1.29 is 14.3 Å². The molecule has 1 fully saturated rings. The van der Waals surface area contributed by atoms with Crippen molar-refractivity contribution in [3.8, 4) is 11.5 Å². The molecule has 1 amide bonds. The topological polar surface area (TPSA) is 38.8 Å². The van der Waals surface area contributed by atoms with E-state index in [-0.39, 0.29) is 5.91 Å². The lowest BCUT2D eigenvalue weighted by Gasteiger charge is -2.38. The highest BCUT2D eigenvalue weighted by molar-refractivity contribution is 5.82. The van der Waals surface area contributed by atoms with E-state index < -0.39 is 6.10 Å². The maximum absolute atomic E-state index is 12.7. The van der Waals surface area contributed by atoms with Gasteiger partial charge in [-0.05, 0) is 30.9 Å². The van der Waals surface area contributed by atoms with Crippen LogP contribution < -0.4 is 9.47 Å². The minimum atomic E-state index is -0.529. The van der Waals surface area contributed by atoms with Crippen LogP contribution in [0.3, 0.4) is 0 Å². The van der Waals surface area contributed by atoms with Crippen molar-refractivity contribution in [3.63, 3.8) is 0 Å². The zero-order valence-electron chi connectivity index (χ0n) is 12.7. The second-order valence-electron chi connectivity index (χ2n) is 6.14. The van der Waals surface area contributed by atoms with E-state index in [2.05, 4.69) is 6.92 Å². The van der Waals surface area contributed by atoms with Gasteiger partial charge in [-0.15, -0.1) is 0 Å². The second-order valence-corrected chi connectivity index (χ2v) is 6.14. The van der Waals surface area contributed by atoms with Gasteiger partial charge in [0.1, 0.15) is 6.61 Å². The molecule has 0 radical (unpaired) electrons. The minimum absolute atomic E-state index is 0.0308. The molecule has 4 nitrogen and oxygen atoms in total. The number of hydrogen-bond acceptors (Lipinski definition) is 3. The normalized spacial score (nSPS) is 28.0. The first-order chi connectivity index (χ1) is 10.2. The molecule has 1 aromatic rings. The van der Waals surface area contributed by atoms with Crippen LogP contribution in [0.2, 0.25) is 0 Å². The van der Waals surface area contributed by atoms with Crippen LogP contribution in [0.25, 0.3) is 0 Å². The lowest BCUT2D eigenvalue weighted by molar-refractivity contribution is -0.143. The number of ether oxygens (including phenoxy) is 2. The summed E-state index contributed by atoms with van der Waals surface area (Å²) in [5.74, 6) is 1.97. The molecule has 21 heavy (non-hydrogen) atoms. The Labute approximate surface area is 126 Å². The van der Waals surface area contributed by atoms with Crippen LogP contribution in [0.1, 0.15) is 32.6 Å². The Morgan fingerprint density at radius 1 is 1.19 bits per heavy atom. The first kappa shape index (κ1) is 14.2. The summed E-state index contributed by atoms with van der Waals surface area (Å²) < 4.78 is 11.5. The standard InChI is InChI=1S/C17H23NO3/c1-12-7-3-4-8-13(12)18(2)17(19)16-11-20-14-9-5-6-10-15(14)21-16/h5-6,9-10,12-13,16H,3-4,7-8,11H2,1-2H3. The average Bonchev–Trinajstić information content (AvgIpc) is 2.53. The van der Waals surface area contributed by atoms with E-state index in [1.807, 2.05) is 36.2 Å². The van der Waals surface area contributed by atoms with E-state index >= 15 is 0 Å². The van der Waals surface area contributed by atoms with Crippen LogP contribution >= 0.6 is 0 Å². The number of amides is 1. The summed E-state index contributed by atoms with van der Waals surface area (Å²) in [6.07, 6.45) is 4.24. The predicted molar refractivity (Wildman–Crippen MR) is 80.5 cm³/mol.